The van der Waals surface area contributed by atoms with Crippen LogP contribution >= 0.6 is 11.3 Å². The zero-order chi connectivity index (χ0) is 14.9. The first-order chi connectivity index (χ1) is 10.1. The van der Waals surface area contributed by atoms with E-state index >= 15 is 0 Å². The Hall–Kier alpha value is -2.08. The van der Waals surface area contributed by atoms with Gasteiger partial charge < -0.3 is 0 Å². The Labute approximate surface area is 123 Å². The predicted octanol–water partition coefficient (Wildman–Crippen LogP) is 4.87. The Bertz CT molecular complexity index is 691. The average molecular weight is 308 g/mol. The average Bonchev–Trinajstić information content (AvgIpc) is 3.19. The number of aromatic nitrogens is 2. The van der Waals surface area contributed by atoms with Crippen molar-refractivity contribution in [1.29, 1.82) is 0 Å². The molecular weight excluding hydrogens is 297 g/mol. The summed E-state index contributed by atoms with van der Waals surface area (Å²) in [6.07, 6.45) is -0.0832. The summed E-state index contributed by atoms with van der Waals surface area (Å²) in [5.74, 6) is -3.64. The second-order valence-electron chi connectivity index (χ2n) is 4.53. The van der Waals surface area contributed by atoms with Crippen molar-refractivity contribution in [3.8, 4) is 11.1 Å². The molecule has 0 aliphatic carbocycles. The molecule has 0 radical (unpaired) electrons. The molecule has 0 N–H and O–H groups in total. The van der Waals surface area contributed by atoms with Gasteiger partial charge in [0, 0.05) is 18.0 Å². The van der Waals surface area contributed by atoms with Crippen LogP contribution in [-0.4, -0.2) is 9.78 Å². The standard InChI is InChI=1S/C15H11F3N2S/c16-14(20-8-1-7-19-20)15(17,18)13-4-2-11(3-5-13)12-6-9-21-10-12/h1-10,14H. The maximum Gasteiger partial charge on any atom is 0.323 e. The minimum atomic E-state index is -3.64. The lowest BCUT2D eigenvalue weighted by molar-refractivity contribution is -0.117. The Morgan fingerprint density at radius 3 is 2.43 bits per heavy atom. The van der Waals surface area contributed by atoms with Crippen LogP contribution in [0.1, 0.15) is 11.9 Å². The summed E-state index contributed by atoms with van der Waals surface area (Å²) in [5, 5.41) is 7.36. The van der Waals surface area contributed by atoms with Gasteiger partial charge in [0.05, 0.1) is 0 Å². The van der Waals surface area contributed by atoms with Gasteiger partial charge in [-0.1, -0.05) is 24.3 Å². The summed E-state index contributed by atoms with van der Waals surface area (Å²) >= 11 is 1.53. The molecule has 1 unspecified atom stereocenters. The van der Waals surface area contributed by atoms with Crippen LogP contribution in [-0.2, 0) is 5.92 Å². The molecule has 0 aliphatic rings. The lowest BCUT2D eigenvalue weighted by Crippen LogP contribution is -2.25. The fraction of sp³-hybridized carbons (Fsp3) is 0.133. The number of benzene rings is 1. The van der Waals surface area contributed by atoms with Gasteiger partial charge in [-0.05, 0) is 34.0 Å². The third-order valence-electron chi connectivity index (χ3n) is 3.18. The zero-order valence-electron chi connectivity index (χ0n) is 10.8. The van der Waals surface area contributed by atoms with E-state index in [1.807, 2.05) is 16.8 Å². The first-order valence-corrected chi connectivity index (χ1v) is 7.17. The highest BCUT2D eigenvalue weighted by Gasteiger charge is 2.43. The molecule has 0 fully saturated rings. The second-order valence-corrected chi connectivity index (χ2v) is 5.31. The highest BCUT2D eigenvalue weighted by Crippen LogP contribution is 2.40. The van der Waals surface area contributed by atoms with Crippen molar-refractivity contribution in [3.63, 3.8) is 0 Å². The zero-order valence-corrected chi connectivity index (χ0v) is 11.6. The van der Waals surface area contributed by atoms with Gasteiger partial charge in [0.25, 0.3) is 6.30 Å². The van der Waals surface area contributed by atoms with Gasteiger partial charge in [-0.25, -0.2) is 9.07 Å². The maximum absolute atomic E-state index is 14.2. The van der Waals surface area contributed by atoms with E-state index in [4.69, 9.17) is 0 Å². The first kappa shape index (κ1) is 13.9. The molecule has 0 aliphatic heterocycles. The smallest absolute Gasteiger partial charge is 0.233 e. The minimum Gasteiger partial charge on any atom is -0.233 e. The summed E-state index contributed by atoms with van der Waals surface area (Å²) < 4.78 is 42.9. The van der Waals surface area contributed by atoms with E-state index in [-0.39, 0.29) is 5.56 Å². The van der Waals surface area contributed by atoms with Crippen LogP contribution in [0.25, 0.3) is 11.1 Å². The van der Waals surface area contributed by atoms with Crippen LogP contribution in [0.5, 0.6) is 0 Å². The topological polar surface area (TPSA) is 17.8 Å². The van der Waals surface area contributed by atoms with Gasteiger partial charge in [-0.2, -0.15) is 25.2 Å². The van der Waals surface area contributed by atoms with E-state index in [1.54, 1.807) is 12.1 Å². The van der Waals surface area contributed by atoms with E-state index in [1.165, 1.54) is 41.9 Å². The molecule has 2 heterocycles. The Kier molecular flexibility index (Phi) is 3.55. The van der Waals surface area contributed by atoms with Crippen molar-refractivity contribution in [2.24, 2.45) is 0 Å². The van der Waals surface area contributed by atoms with Crippen molar-refractivity contribution in [1.82, 2.24) is 9.78 Å². The van der Waals surface area contributed by atoms with Crippen molar-refractivity contribution >= 4 is 11.3 Å². The number of hydrogen-bond acceptors (Lipinski definition) is 2. The fourth-order valence-corrected chi connectivity index (χ4v) is 2.70. The SMILES string of the molecule is FC(n1cccn1)C(F)(F)c1ccc(-c2ccsc2)cc1. The number of hydrogen-bond donors (Lipinski definition) is 0. The van der Waals surface area contributed by atoms with Gasteiger partial charge in [0.15, 0.2) is 0 Å². The monoisotopic (exact) mass is 308 g/mol. The number of alkyl halides is 3. The Morgan fingerprint density at radius 2 is 1.86 bits per heavy atom. The molecule has 0 saturated carbocycles. The molecular formula is C15H11F3N2S. The summed E-state index contributed by atoms with van der Waals surface area (Å²) in [4.78, 5) is 0. The normalized spacial score (nSPS) is 13.3. The molecule has 0 amide bonds. The first-order valence-electron chi connectivity index (χ1n) is 6.23. The lowest BCUT2D eigenvalue weighted by Gasteiger charge is -2.21. The lowest BCUT2D eigenvalue weighted by atomic mass is 10.0. The largest absolute Gasteiger partial charge is 0.323 e. The third-order valence-corrected chi connectivity index (χ3v) is 3.86. The van der Waals surface area contributed by atoms with E-state index in [9.17, 15) is 13.2 Å². The van der Waals surface area contributed by atoms with E-state index < -0.39 is 12.2 Å². The van der Waals surface area contributed by atoms with Crippen LogP contribution in [0.3, 0.4) is 0 Å². The number of thiophene rings is 1. The molecule has 0 spiro atoms. The minimum absolute atomic E-state index is 0.371. The van der Waals surface area contributed by atoms with Crippen molar-refractivity contribution in [3.05, 3.63) is 65.1 Å². The molecule has 3 aromatic rings. The molecule has 1 atom stereocenters. The molecule has 21 heavy (non-hydrogen) atoms. The number of nitrogens with zero attached hydrogens (tertiary/aromatic N) is 2. The van der Waals surface area contributed by atoms with Crippen LogP contribution in [0.2, 0.25) is 0 Å². The van der Waals surface area contributed by atoms with E-state index in [0.29, 0.717) is 4.68 Å². The van der Waals surface area contributed by atoms with Crippen LogP contribution in [0.4, 0.5) is 13.2 Å². The van der Waals surface area contributed by atoms with Crippen LogP contribution in [0.15, 0.2) is 59.6 Å². The van der Waals surface area contributed by atoms with Gasteiger partial charge in [0.1, 0.15) is 0 Å². The highest BCUT2D eigenvalue weighted by atomic mass is 32.1. The number of halogens is 3. The summed E-state index contributed by atoms with van der Waals surface area (Å²) in [6, 6.07) is 8.95. The third kappa shape index (κ3) is 2.58. The van der Waals surface area contributed by atoms with Crippen molar-refractivity contribution in [2.75, 3.05) is 0 Å². The summed E-state index contributed by atoms with van der Waals surface area (Å²) in [7, 11) is 0. The predicted molar refractivity (Wildman–Crippen MR) is 76.0 cm³/mol. The van der Waals surface area contributed by atoms with Gasteiger partial charge >= 0.3 is 5.92 Å². The van der Waals surface area contributed by atoms with Crippen LogP contribution in [0, 0.1) is 0 Å². The quantitative estimate of drug-likeness (QED) is 0.672. The summed E-state index contributed by atoms with van der Waals surface area (Å²) in [6.45, 7) is 0. The molecule has 2 aromatic heterocycles. The van der Waals surface area contributed by atoms with E-state index in [2.05, 4.69) is 5.10 Å². The van der Waals surface area contributed by atoms with Crippen molar-refractivity contribution < 1.29 is 13.2 Å². The Morgan fingerprint density at radius 1 is 1.10 bits per heavy atom. The van der Waals surface area contributed by atoms with Crippen LogP contribution < -0.4 is 0 Å². The van der Waals surface area contributed by atoms with Gasteiger partial charge in [-0.3, -0.25) is 0 Å². The molecule has 0 saturated heterocycles. The molecule has 0 bridgehead atoms. The van der Waals surface area contributed by atoms with Gasteiger partial charge in [-0.15, -0.1) is 0 Å². The number of rotatable bonds is 4. The highest BCUT2D eigenvalue weighted by molar-refractivity contribution is 7.08. The molecule has 108 valence electrons. The molecule has 1 aromatic carbocycles. The molecule has 6 heteroatoms. The second kappa shape index (κ2) is 5.37. The molecule has 2 nitrogen and oxygen atoms in total. The maximum atomic E-state index is 14.2. The molecule has 3 rings (SSSR count). The Balaban J connectivity index is 1.89. The fourth-order valence-electron chi connectivity index (χ4n) is 2.03. The van der Waals surface area contributed by atoms with Crippen molar-refractivity contribution in [2.45, 2.75) is 12.2 Å². The summed E-state index contributed by atoms with van der Waals surface area (Å²) in [5.41, 5.74) is 1.41. The van der Waals surface area contributed by atoms with E-state index in [0.717, 1.165) is 11.1 Å². The van der Waals surface area contributed by atoms with Gasteiger partial charge in [0.2, 0.25) is 0 Å².